The highest BCUT2D eigenvalue weighted by Crippen LogP contribution is 2.34. The number of fused-ring (bicyclic) bond motifs is 2. The van der Waals surface area contributed by atoms with Gasteiger partial charge >= 0.3 is 11.9 Å². The van der Waals surface area contributed by atoms with Crippen LogP contribution in [0.15, 0.2) is 18.3 Å². The van der Waals surface area contributed by atoms with E-state index in [4.69, 9.17) is 20.7 Å². The number of anilines is 1. The summed E-state index contributed by atoms with van der Waals surface area (Å²) in [7, 11) is 3.64. The van der Waals surface area contributed by atoms with Crippen LogP contribution in [0.5, 0.6) is 5.88 Å². The van der Waals surface area contributed by atoms with Crippen LogP contribution in [0.1, 0.15) is 36.0 Å². The molecule has 0 aliphatic carbocycles. The number of carboxylic acid groups (broad SMARTS) is 2. The number of nitrogens with zero attached hydrogens (tertiary/aromatic N) is 3. The number of aromatic nitrogens is 2. The summed E-state index contributed by atoms with van der Waals surface area (Å²) in [5.41, 5.74) is 5.84. The minimum absolute atomic E-state index is 0.0979. The first-order valence-electron chi connectivity index (χ1n) is 9.04. The normalized spacial score (nSPS) is 23.2. The molecule has 2 fully saturated rings. The second kappa shape index (κ2) is 9.82. The van der Waals surface area contributed by atoms with Crippen molar-refractivity contribution in [1.82, 2.24) is 20.2 Å². The Hall–Kier alpha value is -3.21. The van der Waals surface area contributed by atoms with E-state index in [1.165, 1.54) is 26.1 Å². The van der Waals surface area contributed by atoms with Gasteiger partial charge in [-0.15, -0.1) is 0 Å². The van der Waals surface area contributed by atoms with Gasteiger partial charge in [-0.05, 0) is 32.7 Å². The summed E-state index contributed by atoms with van der Waals surface area (Å²) in [5.74, 6) is -2.39. The first-order valence-corrected chi connectivity index (χ1v) is 9.04. The number of carboxylic acids is 2. The van der Waals surface area contributed by atoms with E-state index in [1.807, 2.05) is 0 Å². The molecular formula is C18H25N5O6. The molecule has 2 bridgehead atoms. The molecule has 1 unspecified atom stereocenters. The fourth-order valence-electron chi connectivity index (χ4n) is 3.63. The minimum atomic E-state index is -1.26. The molecule has 0 aromatic carbocycles. The van der Waals surface area contributed by atoms with Crippen LogP contribution < -0.4 is 15.8 Å². The van der Waals surface area contributed by atoms with Gasteiger partial charge in [0.25, 0.3) is 5.91 Å². The summed E-state index contributed by atoms with van der Waals surface area (Å²) >= 11 is 0. The summed E-state index contributed by atoms with van der Waals surface area (Å²) in [4.78, 5) is 41.8. The maximum absolute atomic E-state index is 12.4. The predicted molar refractivity (Wildman–Crippen MR) is 102 cm³/mol. The minimum Gasteiger partial charge on any atom is -0.480 e. The molecule has 2 aliphatic rings. The molecule has 0 radical (unpaired) electrons. The van der Waals surface area contributed by atoms with Gasteiger partial charge in [-0.25, -0.2) is 14.6 Å². The predicted octanol–water partition coefficient (Wildman–Crippen LogP) is 0.134. The third-order valence-corrected chi connectivity index (χ3v) is 5.01. The molecule has 3 atom stereocenters. The Bertz CT molecular complexity index is 769. The van der Waals surface area contributed by atoms with Gasteiger partial charge in [-0.2, -0.15) is 4.98 Å². The lowest BCUT2D eigenvalue weighted by Crippen LogP contribution is -2.48. The summed E-state index contributed by atoms with van der Waals surface area (Å²) < 4.78 is 5.11. The Kier molecular flexibility index (Phi) is 7.48. The van der Waals surface area contributed by atoms with Crippen molar-refractivity contribution >= 4 is 23.8 Å². The molecule has 0 saturated carbocycles. The number of carbonyl (C=O) groups is 3. The first-order chi connectivity index (χ1) is 13.7. The quantitative estimate of drug-likeness (QED) is 0.492. The molecular weight excluding hydrogens is 382 g/mol. The second-order valence-corrected chi connectivity index (χ2v) is 6.85. The SMILES string of the molecule is COc1nc(N)ncc1C(=O)NC1C[C@H]2CC[C@@H](C1)N2C.O=C(O)/C=C\C(=O)O. The standard InChI is InChI=1S/C14H21N5O2.C4H4O4/c1-19-9-3-4-10(19)6-8(5-9)17-12(20)11-7-16-14(15)18-13(11)21-2;5-3(6)1-2-4(7)8/h7-10H,3-6H2,1-2H3,(H,17,20)(H2,15,16,18);1-2H,(H,5,6)(H,7,8)/b;2-1-/t8?,9-,10+;. The summed E-state index contributed by atoms with van der Waals surface area (Å²) in [6.07, 6.45) is 6.97. The lowest BCUT2D eigenvalue weighted by Gasteiger charge is -2.36. The average Bonchev–Trinajstić information content (AvgIpc) is 2.87. The lowest BCUT2D eigenvalue weighted by atomic mass is 9.98. The number of rotatable bonds is 5. The van der Waals surface area contributed by atoms with Crippen molar-refractivity contribution in [2.45, 2.75) is 43.8 Å². The largest absolute Gasteiger partial charge is 0.480 e. The van der Waals surface area contributed by atoms with Crippen LogP contribution in [0.25, 0.3) is 0 Å². The van der Waals surface area contributed by atoms with Crippen LogP contribution in [0.3, 0.4) is 0 Å². The van der Waals surface area contributed by atoms with E-state index < -0.39 is 11.9 Å². The number of nitrogen functional groups attached to an aromatic ring is 1. The fourth-order valence-corrected chi connectivity index (χ4v) is 3.63. The van der Waals surface area contributed by atoms with Crippen molar-refractivity contribution in [2.75, 3.05) is 19.9 Å². The van der Waals surface area contributed by atoms with Crippen LogP contribution in [-0.4, -0.2) is 75.2 Å². The first kappa shape index (κ1) is 22.1. The van der Waals surface area contributed by atoms with Gasteiger partial charge in [-0.1, -0.05) is 0 Å². The molecule has 11 heteroatoms. The topological polar surface area (TPSA) is 168 Å². The fraction of sp³-hybridized carbons (Fsp3) is 0.500. The van der Waals surface area contributed by atoms with E-state index in [2.05, 4.69) is 27.2 Å². The number of nitrogens with one attached hydrogen (secondary N) is 1. The van der Waals surface area contributed by atoms with Gasteiger partial charge in [0.05, 0.1) is 7.11 Å². The molecule has 1 aromatic rings. The highest BCUT2D eigenvalue weighted by molar-refractivity contribution is 5.96. The maximum atomic E-state index is 12.4. The van der Waals surface area contributed by atoms with Crippen molar-refractivity contribution in [1.29, 1.82) is 0 Å². The van der Waals surface area contributed by atoms with E-state index in [9.17, 15) is 14.4 Å². The number of hydrogen-bond donors (Lipinski definition) is 4. The van der Waals surface area contributed by atoms with Gasteiger partial charge in [0, 0.05) is 36.5 Å². The highest BCUT2D eigenvalue weighted by atomic mass is 16.5. The number of ether oxygens (including phenoxy) is 1. The van der Waals surface area contributed by atoms with Crippen LogP contribution in [0.4, 0.5) is 5.95 Å². The third-order valence-electron chi connectivity index (χ3n) is 5.01. The van der Waals surface area contributed by atoms with Crippen LogP contribution in [0.2, 0.25) is 0 Å². The third kappa shape index (κ3) is 6.14. The van der Waals surface area contributed by atoms with Crippen molar-refractivity contribution in [3.05, 3.63) is 23.9 Å². The molecule has 3 rings (SSSR count). The van der Waals surface area contributed by atoms with E-state index in [0.717, 1.165) is 12.8 Å². The van der Waals surface area contributed by atoms with Gasteiger partial charge in [-0.3, -0.25) is 4.79 Å². The Morgan fingerprint density at radius 3 is 2.24 bits per heavy atom. The van der Waals surface area contributed by atoms with Gasteiger partial charge < -0.3 is 30.9 Å². The Morgan fingerprint density at radius 2 is 1.76 bits per heavy atom. The average molecular weight is 407 g/mol. The highest BCUT2D eigenvalue weighted by Gasteiger charge is 2.39. The van der Waals surface area contributed by atoms with Crippen molar-refractivity contribution in [2.24, 2.45) is 0 Å². The second-order valence-electron chi connectivity index (χ2n) is 6.85. The number of methoxy groups -OCH3 is 1. The maximum Gasteiger partial charge on any atom is 0.328 e. The van der Waals surface area contributed by atoms with E-state index in [1.54, 1.807) is 0 Å². The zero-order chi connectivity index (χ0) is 21.6. The Labute approximate surface area is 167 Å². The zero-order valence-corrected chi connectivity index (χ0v) is 16.2. The number of carbonyl (C=O) groups excluding carboxylic acids is 1. The molecule has 29 heavy (non-hydrogen) atoms. The van der Waals surface area contributed by atoms with E-state index in [0.29, 0.717) is 29.8 Å². The number of piperidine rings is 1. The molecule has 2 aliphatic heterocycles. The number of amides is 1. The van der Waals surface area contributed by atoms with Gasteiger partial charge in [0.2, 0.25) is 11.8 Å². The molecule has 158 valence electrons. The summed E-state index contributed by atoms with van der Waals surface area (Å²) in [6, 6.07) is 1.37. The number of hydrogen-bond acceptors (Lipinski definition) is 8. The van der Waals surface area contributed by atoms with E-state index >= 15 is 0 Å². The molecule has 11 nitrogen and oxygen atoms in total. The smallest absolute Gasteiger partial charge is 0.328 e. The Balaban J connectivity index is 0.000000321. The summed E-state index contributed by atoms with van der Waals surface area (Å²) in [5, 5.41) is 18.7. The van der Waals surface area contributed by atoms with Gasteiger partial charge in [0.1, 0.15) is 5.56 Å². The van der Waals surface area contributed by atoms with Crippen molar-refractivity contribution in [3.63, 3.8) is 0 Å². The summed E-state index contributed by atoms with van der Waals surface area (Å²) in [6.45, 7) is 0. The molecule has 2 saturated heterocycles. The van der Waals surface area contributed by atoms with Crippen LogP contribution >= 0.6 is 0 Å². The Morgan fingerprint density at radius 1 is 1.21 bits per heavy atom. The zero-order valence-electron chi connectivity index (χ0n) is 16.2. The molecule has 5 N–H and O–H groups in total. The number of aliphatic carboxylic acids is 2. The van der Waals surface area contributed by atoms with Crippen molar-refractivity contribution in [3.8, 4) is 5.88 Å². The molecule has 0 spiro atoms. The van der Waals surface area contributed by atoms with Crippen LogP contribution in [0, 0.1) is 0 Å². The molecule has 3 heterocycles. The monoisotopic (exact) mass is 407 g/mol. The molecule has 1 aromatic heterocycles. The molecule has 1 amide bonds. The van der Waals surface area contributed by atoms with Crippen LogP contribution in [-0.2, 0) is 9.59 Å². The number of nitrogens with two attached hydrogens (primary N) is 1. The van der Waals surface area contributed by atoms with Crippen molar-refractivity contribution < 1.29 is 29.3 Å². The lowest BCUT2D eigenvalue weighted by molar-refractivity contribution is -0.134. The van der Waals surface area contributed by atoms with E-state index in [-0.39, 0.29) is 23.8 Å². The van der Waals surface area contributed by atoms with Gasteiger partial charge in [0.15, 0.2) is 0 Å².